The predicted octanol–water partition coefficient (Wildman–Crippen LogP) is 4.48. The van der Waals surface area contributed by atoms with Gasteiger partial charge in [-0.15, -0.1) is 0 Å². The highest BCUT2D eigenvalue weighted by Crippen LogP contribution is 2.41. The van der Waals surface area contributed by atoms with E-state index in [1.807, 2.05) is 55.7 Å². The fraction of sp³-hybridized carbons (Fsp3) is 0.424. The Hall–Kier alpha value is -4.09. The minimum Gasteiger partial charge on any atom is -0.480 e. The number of aromatic nitrogens is 1. The molecule has 0 aliphatic rings. The molecular formula is C33H42F2N4O5. The van der Waals surface area contributed by atoms with Gasteiger partial charge in [0.15, 0.2) is 0 Å². The molecule has 2 amide bonds. The summed E-state index contributed by atoms with van der Waals surface area (Å²) < 4.78 is 31.0. The third kappa shape index (κ3) is 8.73. The van der Waals surface area contributed by atoms with Gasteiger partial charge in [-0.3, -0.25) is 9.59 Å². The number of benzene rings is 2. The first-order valence-corrected chi connectivity index (χ1v) is 14.6. The van der Waals surface area contributed by atoms with Gasteiger partial charge in [-0.2, -0.15) is 0 Å². The van der Waals surface area contributed by atoms with Crippen molar-refractivity contribution in [2.75, 3.05) is 13.2 Å². The van der Waals surface area contributed by atoms with Gasteiger partial charge >= 0.3 is 5.97 Å². The van der Waals surface area contributed by atoms with E-state index in [9.17, 15) is 33.4 Å². The first-order valence-electron chi connectivity index (χ1n) is 14.6. The largest absolute Gasteiger partial charge is 0.480 e. The summed E-state index contributed by atoms with van der Waals surface area (Å²) in [4.78, 5) is 39.0. The number of hydrogen-bond acceptors (Lipinski definition) is 5. The van der Waals surface area contributed by atoms with E-state index in [4.69, 9.17) is 5.73 Å². The Morgan fingerprint density at radius 1 is 1.05 bits per heavy atom. The Morgan fingerprint density at radius 3 is 2.32 bits per heavy atom. The molecule has 0 spiro atoms. The minimum atomic E-state index is -1.16. The molecule has 0 bridgehead atoms. The van der Waals surface area contributed by atoms with Gasteiger partial charge in [0.25, 0.3) is 0 Å². The van der Waals surface area contributed by atoms with Crippen LogP contribution in [-0.2, 0) is 20.9 Å². The van der Waals surface area contributed by atoms with Crippen LogP contribution in [0.3, 0.4) is 0 Å². The highest BCUT2D eigenvalue weighted by atomic mass is 19.1. The summed E-state index contributed by atoms with van der Waals surface area (Å²) in [6.45, 7) is 7.04. The molecule has 1 heterocycles. The third-order valence-corrected chi connectivity index (χ3v) is 7.44. The quantitative estimate of drug-likeness (QED) is 0.212. The number of rotatable bonds is 14. The zero-order valence-corrected chi connectivity index (χ0v) is 25.6. The molecule has 3 rings (SSSR count). The van der Waals surface area contributed by atoms with Gasteiger partial charge in [0, 0.05) is 36.1 Å². The van der Waals surface area contributed by atoms with Crippen LogP contribution >= 0.6 is 0 Å². The molecule has 0 fully saturated rings. The number of nitrogens with one attached hydrogen (secondary N) is 1. The maximum atomic E-state index is 14.9. The second-order valence-electron chi connectivity index (χ2n) is 12.0. The molecule has 3 atom stereocenters. The van der Waals surface area contributed by atoms with Gasteiger partial charge in [-0.1, -0.05) is 64.4 Å². The molecule has 0 aliphatic heterocycles. The topological polar surface area (TPSA) is 138 Å². The van der Waals surface area contributed by atoms with Gasteiger partial charge in [0.05, 0.1) is 12.1 Å². The summed E-state index contributed by atoms with van der Waals surface area (Å²) in [6, 6.07) is 11.5. The number of carboxylic acid groups (broad SMARTS) is 1. The number of hydrogen-bond donors (Lipinski definition) is 4. The zero-order chi connectivity index (χ0) is 32.6. The molecule has 9 nitrogen and oxygen atoms in total. The highest BCUT2D eigenvalue weighted by Gasteiger charge is 2.37. The summed E-state index contributed by atoms with van der Waals surface area (Å²) in [5.74, 6) is -3.64. The summed E-state index contributed by atoms with van der Waals surface area (Å²) in [6.07, 6.45) is 2.47. The van der Waals surface area contributed by atoms with Crippen molar-refractivity contribution >= 4 is 17.8 Å². The van der Waals surface area contributed by atoms with E-state index in [-0.39, 0.29) is 24.9 Å². The molecule has 5 N–H and O–H groups in total. The van der Waals surface area contributed by atoms with Crippen molar-refractivity contribution in [2.24, 2.45) is 11.1 Å². The van der Waals surface area contributed by atoms with E-state index in [1.165, 1.54) is 4.90 Å². The Balaban J connectivity index is 2.05. The van der Waals surface area contributed by atoms with E-state index >= 15 is 0 Å². The summed E-state index contributed by atoms with van der Waals surface area (Å²) in [7, 11) is 0. The average Bonchev–Trinajstić information content (AvgIpc) is 3.37. The van der Waals surface area contributed by atoms with Crippen LogP contribution in [0, 0.1) is 17.0 Å². The predicted molar refractivity (Wildman–Crippen MR) is 163 cm³/mol. The number of nitrogens with two attached hydrogens (primary N) is 1. The van der Waals surface area contributed by atoms with Crippen molar-refractivity contribution in [1.29, 1.82) is 0 Å². The summed E-state index contributed by atoms with van der Waals surface area (Å²) >= 11 is 0. The number of halogens is 2. The van der Waals surface area contributed by atoms with E-state index in [0.717, 1.165) is 23.8 Å². The van der Waals surface area contributed by atoms with Gasteiger partial charge in [-0.05, 0) is 48.1 Å². The van der Waals surface area contributed by atoms with Crippen LogP contribution in [0.4, 0.5) is 8.78 Å². The molecule has 11 heteroatoms. The Bertz CT molecular complexity index is 1440. The second kappa shape index (κ2) is 15.1. The highest BCUT2D eigenvalue weighted by molar-refractivity contribution is 5.86. The van der Waals surface area contributed by atoms with Crippen LogP contribution < -0.4 is 11.1 Å². The molecule has 0 radical (unpaired) electrons. The fourth-order valence-electron chi connectivity index (χ4n) is 5.33. The van der Waals surface area contributed by atoms with Gasteiger partial charge in [0.2, 0.25) is 11.8 Å². The lowest BCUT2D eigenvalue weighted by atomic mass is 9.82. The molecule has 3 unspecified atom stereocenters. The van der Waals surface area contributed by atoms with E-state index in [0.29, 0.717) is 24.2 Å². The molecule has 238 valence electrons. The maximum absolute atomic E-state index is 14.9. The van der Waals surface area contributed by atoms with E-state index in [2.05, 4.69) is 5.32 Å². The van der Waals surface area contributed by atoms with Crippen LogP contribution in [0.15, 0.2) is 60.8 Å². The van der Waals surface area contributed by atoms with Crippen LogP contribution in [0.1, 0.15) is 64.3 Å². The number of carbonyl (C=O) groups excluding carboxylic acids is 2. The SMILES string of the molecule is CCCC(NC(=O)C(N)CCN(C(=O)CO)C(c1cc(-c2cc(F)ccc2F)cn1Cc1ccccc1)C(C)(C)C)C(=O)O. The number of aliphatic hydroxyl groups excluding tert-OH is 1. The lowest BCUT2D eigenvalue weighted by molar-refractivity contribution is -0.142. The average molecular weight is 613 g/mol. The van der Waals surface area contributed by atoms with E-state index < -0.39 is 59.6 Å². The second-order valence-corrected chi connectivity index (χ2v) is 12.0. The number of aliphatic hydroxyl groups is 1. The van der Waals surface area contributed by atoms with E-state index in [1.54, 1.807) is 19.2 Å². The molecule has 1 aromatic heterocycles. The van der Waals surface area contributed by atoms with Gasteiger partial charge < -0.3 is 30.7 Å². The van der Waals surface area contributed by atoms with Crippen LogP contribution in [0.2, 0.25) is 0 Å². The van der Waals surface area contributed by atoms with Crippen molar-refractivity contribution in [1.82, 2.24) is 14.8 Å². The number of aliphatic carboxylic acids is 1. The Kier molecular flexibility index (Phi) is 11.8. The van der Waals surface area contributed by atoms with Crippen molar-refractivity contribution in [3.63, 3.8) is 0 Å². The van der Waals surface area contributed by atoms with Crippen LogP contribution in [0.5, 0.6) is 0 Å². The van der Waals surface area contributed by atoms with Crippen LogP contribution in [0.25, 0.3) is 11.1 Å². The van der Waals surface area contributed by atoms with Crippen molar-refractivity contribution in [2.45, 2.75) is 71.6 Å². The maximum Gasteiger partial charge on any atom is 0.326 e. The lowest BCUT2D eigenvalue weighted by Crippen LogP contribution is -2.50. The van der Waals surface area contributed by atoms with Crippen LogP contribution in [-0.4, -0.2) is 62.7 Å². The molecule has 44 heavy (non-hydrogen) atoms. The van der Waals surface area contributed by atoms with Crippen molar-refractivity contribution in [3.8, 4) is 11.1 Å². The summed E-state index contributed by atoms with van der Waals surface area (Å²) in [5, 5.41) is 21.8. The third-order valence-electron chi connectivity index (χ3n) is 7.44. The Morgan fingerprint density at radius 2 is 1.73 bits per heavy atom. The minimum absolute atomic E-state index is 0.0204. The molecular weight excluding hydrogens is 570 g/mol. The normalized spacial score (nSPS) is 13.6. The first-order chi connectivity index (χ1) is 20.8. The van der Waals surface area contributed by atoms with Crippen molar-refractivity contribution in [3.05, 3.63) is 83.7 Å². The molecule has 0 saturated heterocycles. The molecule has 0 saturated carbocycles. The number of nitrogens with zero attached hydrogens (tertiary/aromatic N) is 2. The summed E-state index contributed by atoms with van der Waals surface area (Å²) in [5.41, 5.74) is 7.52. The smallest absolute Gasteiger partial charge is 0.326 e. The lowest BCUT2D eigenvalue weighted by Gasteiger charge is -2.41. The number of carbonyl (C=O) groups is 3. The van der Waals surface area contributed by atoms with Gasteiger partial charge in [0.1, 0.15) is 24.3 Å². The first kappa shape index (κ1) is 34.4. The van der Waals surface area contributed by atoms with Gasteiger partial charge in [-0.25, -0.2) is 13.6 Å². The molecule has 0 aliphatic carbocycles. The Labute approximate surface area is 256 Å². The standard InChI is InChI=1S/C33H42F2N4O5/c1-5-9-27(32(43)44)37-31(42)26(36)14-15-39(29(41)20-40)30(33(2,3)4)28-16-22(24-17-23(34)12-13-25(24)35)19-38(28)18-21-10-7-6-8-11-21/h6-8,10-13,16-17,19,26-27,30,40H,5,9,14-15,18,20,36H2,1-4H3,(H,37,42)(H,43,44). The number of amides is 2. The zero-order valence-electron chi connectivity index (χ0n) is 25.6. The number of carboxylic acids is 1. The molecule has 3 aromatic rings. The molecule has 2 aromatic carbocycles. The van der Waals surface area contributed by atoms with Crippen molar-refractivity contribution < 1.29 is 33.4 Å². The fourth-order valence-corrected chi connectivity index (χ4v) is 5.33. The monoisotopic (exact) mass is 612 g/mol.